The summed E-state index contributed by atoms with van der Waals surface area (Å²) in [6, 6.07) is 3.30. The van der Waals surface area contributed by atoms with Crippen LogP contribution >= 0.6 is 0 Å². The smallest absolute Gasteiger partial charge is 0.255 e. The Labute approximate surface area is 79.5 Å². The summed E-state index contributed by atoms with van der Waals surface area (Å²) >= 11 is 0. The lowest BCUT2D eigenvalue weighted by Gasteiger charge is -1.99. The summed E-state index contributed by atoms with van der Waals surface area (Å²) in [5.41, 5.74) is 8.76. The molecule has 0 spiro atoms. The third-order valence-corrected chi connectivity index (χ3v) is 2.02. The largest absolute Gasteiger partial charge is 0.365 e. The van der Waals surface area contributed by atoms with E-state index in [1.54, 1.807) is 28.9 Å². The van der Waals surface area contributed by atoms with Gasteiger partial charge in [0, 0.05) is 6.07 Å². The molecule has 0 aliphatic heterocycles. The zero-order chi connectivity index (χ0) is 10.1. The van der Waals surface area contributed by atoms with Crippen molar-refractivity contribution in [1.29, 1.82) is 0 Å². The van der Waals surface area contributed by atoms with Crippen LogP contribution in [0.25, 0.3) is 5.65 Å². The normalized spacial score (nSPS) is 10.4. The molecule has 2 heterocycles. The van der Waals surface area contributed by atoms with Gasteiger partial charge in [-0.25, -0.2) is 15.7 Å². The van der Waals surface area contributed by atoms with Crippen molar-refractivity contribution in [2.75, 3.05) is 5.43 Å². The monoisotopic (exact) mass is 192 g/mol. The van der Waals surface area contributed by atoms with Gasteiger partial charge in [0.15, 0.2) is 0 Å². The van der Waals surface area contributed by atoms with E-state index >= 15 is 0 Å². The van der Waals surface area contributed by atoms with Crippen LogP contribution in [0.1, 0.15) is 10.4 Å². The van der Waals surface area contributed by atoms with E-state index in [9.17, 15) is 4.79 Å². The third-order valence-electron chi connectivity index (χ3n) is 2.02. The van der Waals surface area contributed by atoms with Gasteiger partial charge in [-0.15, -0.1) is 0 Å². The minimum atomic E-state index is -0.478. The molecule has 0 saturated heterocycles. The summed E-state index contributed by atoms with van der Waals surface area (Å²) in [5.74, 6) is 5.49. The number of fused-ring (bicyclic) bond motifs is 1. The molecule has 0 aliphatic carbocycles. The Morgan fingerprint density at radius 3 is 2.93 bits per heavy atom. The topological polar surface area (TPSA) is 101 Å². The second-order valence-electron chi connectivity index (χ2n) is 2.82. The van der Waals surface area contributed by atoms with E-state index in [1.165, 1.54) is 0 Å². The molecule has 0 aliphatic rings. The van der Waals surface area contributed by atoms with E-state index < -0.39 is 5.91 Å². The third kappa shape index (κ3) is 1.09. The minimum Gasteiger partial charge on any atom is -0.365 e. The van der Waals surface area contributed by atoms with Crippen molar-refractivity contribution in [3.8, 4) is 0 Å². The molecule has 0 unspecified atom stereocenters. The SMILES string of the molecule is NNc1ccc(C(N)=O)c2[nH]cc[n+]12. The number of nitrogens with one attached hydrogen (secondary N) is 2. The van der Waals surface area contributed by atoms with Crippen molar-refractivity contribution in [3.63, 3.8) is 0 Å². The highest BCUT2D eigenvalue weighted by molar-refractivity contribution is 5.97. The number of pyridine rings is 1. The van der Waals surface area contributed by atoms with Gasteiger partial charge in [-0.3, -0.25) is 9.78 Å². The number of aromatic nitrogens is 2. The molecule has 0 saturated carbocycles. The lowest BCUT2D eigenvalue weighted by Crippen LogP contribution is -2.30. The van der Waals surface area contributed by atoms with Gasteiger partial charge in [0.25, 0.3) is 5.91 Å². The number of nitrogen functional groups attached to an aromatic ring is 1. The number of hydrogen-bond donors (Lipinski definition) is 4. The second-order valence-corrected chi connectivity index (χ2v) is 2.82. The highest BCUT2D eigenvalue weighted by atomic mass is 16.1. The van der Waals surface area contributed by atoms with Crippen LogP contribution in [0.4, 0.5) is 5.82 Å². The number of carbonyl (C=O) groups is 1. The molecule has 6 N–H and O–H groups in total. The van der Waals surface area contributed by atoms with Gasteiger partial charge in [-0.1, -0.05) is 0 Å². The Morgan fingerprint density at radius 1 is 1.50 bits per heavy atom. The number of hydrazine groups is 1. The maximum absolute atomic E-state index is 11.0. The number of nitrogens with two attached hydrogens (primary N) is 2. The molecule has 6 heteroatoms. The molecule has 14 heavy (non-hydrogen) atoms. The van der Waals surface area contributed by atoms with Gasteiger partial charge in [0.1, 0.15) is 11.8 Å². The number of aromatic amines is 1. The van der Waals surface area contributed by atoms with Gasteiger partial charge >= 0.3 is 0 Å². The molecule has 6 nitrogen and oxygen atoms in total. The Kier molecular flexibility index (Phi) is 1.83. The number of hydrogen-bond acceptors (Lipinski definition) is 3. The number of nitrogens with zero attached hydrogens (tertiary/aromatic N) is 1. The predicted octanol–water partition coefficient (Wildman–Crippen LogP) is -0.862. The molecule has 2 aromatic rings. The molecule has 0 bridgehead atoms. The average Bonchev–Trinajstić information content (AvgIpc) is 2.64. The zero-order valence-corrected chi connectivity index (χ0v) is 7.32. The van der Waals surface area contributed by atoms with Crippen molar-refractivity contribution in [1.82, 2.24) is 4.98 Å². The van der Waals surface area contributed by atoms with E-state index in [0.717, 1.165) is 0 Å². The second kappa shape index (κ2) is 3.00. The van der Waals surface area contributed by atoms with E-state index in [0.29, 0.717) is 17.0 Å². The van der Waals surface area contributed by atoms with Crippen LogP contribution in [0.2, 0.25) is 0 Å². The molecule has 2 aromatic heterocycles. The number of primary amides is 1. The minimum absolute atomic E-state index is 0.425. The van der Waals surface area contributed by atoms with Crippen LogP contribution in [-0.4, -0.2) is 10.9 Å². The Bertz CT molecular complexity index is 489. The fraction of sp³-hybridized carbons (Fsp3) is 0. The number of anilines is 1. The van der Waals surface area contributed by atoms with Crippen molar-refractivity contribution in [3.05, 3.63) is 30.1 Å². The molecule has 0 radical (unpaired) electrons. The summed E-state index contributed by atoms with van der Waals surface area (Å²) < 4.78 is 1.71. The van der Waals surface area contributed by atoms with Gasteiger partial charge in [0.05, 0.1) is 6.20 Å². The predicted molar refractivity (Wildman–Crippen MR) is 50.3 cm³/mol. The van der Waals surface area contributed by atoms with Crippen LogP contribution in [0.5, 0.6) is 0 Å². The van der Waals surface area contributed by atoms with Crippen molar-refractivity contribution in [2.24, 2.45) is 11.6 Å². The highest BCUT2D eigenvalue weighted by Gasteiger charge is 2.14. The average molecular weight is 192 g/mol. The fourth-order valence-corrected chi connectivity index (χ4v) is 1.38. The van der Waals surface area contributed by atoms with Crippen LogP contribution in [0.15, 0.2) is 24.5 Å². The summed E-state index contributed by atoms with van der Waals surface area (Å²) in [5, 5.41) is 0. The fourth-order valence-electron chi connectivity index (χ4n) is 1.38. The molecule has 72 valence electrons. The number of carbonyl (C=O) groups excluding carboxylic acids is 1. The first-order chi connectivity index (χ1) is 6.74. The molecule has 0 aromatic carbocycles. The van der Waals surface area contributed by atoms with Crippen molar-refractivity contribution < 1.29 is 9.20 Å². The number of H-pyrrole nitrogens is 1. The maximum atomic E-state index is 11.0. The first-order valence-electron chi connectivity index (χ1n) is 4.02. The molecular formula is C8H10N5O+. The molecular weight excluding hydrogens is 182 g/mol. The van der Waals surface area contributed by atoms with Gasteiger partial charge in [-0.2, -0.15) is 0 Å². The number of imidazole rings is 1. The molecule has 2 rings (SSSR count). The quantitative estimate of drug-likeness (QED) is 0.283. The van der Waals surface area contributed by atoms with Gasteiger partial charge < -0.3 is 5.73 Å². The molecule has 0 fully saturated rings. The van der Waals surface area contributed by atoms with Crippen LogP contribution < -0.4 is 21.4 Å². The maximum Gasteiger partial charge on any atom is 0.255 e. The zero-order valence-electron chi connectivity index (χ0n) is 7.32. The standard InChI is InChI=1S/C8H9N5O/c9-7(14)5-1-2-6(12-10)13-4-3-11-8(5)13/h1-4H,10H2,(H3,9,11,12,14)/p+1. The summed E-state index contributed by atoms with van der Waals surface area (Å²) in [6.45, 7) is 0. The summed E-state index contributed by atoms with van der Waals surface area (Å²) in [7, 11) is 0. The Hall–Kier alpha value is -2.08. The van der Waals surface area contributed by atoms with E-state index in [-0.39, 0.29) is 0 Å². The molecule has 0 atom stereocenters. The number of rotatable bonds is 2. The first kappa shape index (κ1) is 8.52. The van der Waals surface area contributed by atoms with Gasteiger partial charge in [-0.05, 0) is 6.07 Å². The van der Waals surface area contributed by atoms with Crippen molar-refractivity contribution in [2.45, 2.75) is 0 Å². The van der Waals surface area contributed by atoms with E-state index in [1.807, 2.05) is 0 Å². The van der Waals surface area contributed by atoms with Gasteiger partial charge in [0.2, 0.25) is 11.5 Å². The van der Waals surface area contributed by atoms with E-state index in [2.05, 4.69) is 10.4 Å². The first-order valence-corrected chi connectivity index (χ1v) is 4.02. The van der Waals surface area contributed by atoms with E-state index in [4.69, 9.17) is 11.6 Å². The van der Waals surface area contributed by atoms with Crippen LogP contribution in [0, 0.1) is 0 Å². The number of amides is 1. The van der Waals surface area contributed by atoms with Crippen LogP contribution in [-0.2, 0) is 0 Å². The molecule has 1 amide bonds. The Balaban J connectivity index is 2.78. The lowest BCUT2D eigenvalue weighted by atomic mass is 10.2. The summed E-state index contributed by atoms with van der Waals surface area (Å²) in [4.78, 5) is 14.0. The highest BCUT2D eigenvalue weighted by Crippen LogP contribution is 2.07. The lowest BCUT2D eigenvalue weighted by molar-refractivity contribution is -0.494. The Morgan fingerprint density at radius 2 is 2.29 bits per heavy atom. The van der Waals surface area contributed by atoms with Crippen molar-refractivity contribution >= 4 is 17.4 Å². The van der Waals surface area contributed by atoms with Crippen LogP contribution in [0.3, 0.4) is 0 Å². The summed E-state index contributed by atoms with van der Waals surface area (Å²) in [6.07, 6.45) is 3.44.